The van der Waals surface area contributed by atoms with Gasteiger partial charge in [0.2, 0.25) is 0 Å². The highest BCUT2D eigenvalue weighted by Gasteiger charge is 2.33. The lowest BCUT2D eigenvalue weighted by Crippen LogP contribution is -2.20. The molecular weight excluding hydrogens is 375 g/mol. The van der Waals surface area contributed by atoms with Crippen molar-refractivity contribution >= 4 is 29.7 Å². The minimum atomic E-state index is -4.55. The molecule has 0 spiro atoms. The molecule has 138 valence electrons. The number of halogens is 3. The fraction of sp³-hybridized carbons (Fsp3) is 0.0526. The largest absolute Gasteiger partial charge is 0.418 e. The van der Waals surface area contributed by atoms with Crippen LogP contribution in [-0.4, -0.2) is 10.7 Å². The molecule has 3 aromatic rings. The molecule has 0 fully saturated rings. The van der Waals surface area contributed by atoms with Crippen molar-refractivity contribution in [3.8, 4) is 0 Å². The third-order valence-corrected chi connectivity index (χ3v) is 4.17. The Morgan fingerprint density at radius 3 is 2.33 bits per heavy atom. The van der Waals surface area contributed by atoms with Gasteiger partial charge in [-0.2, -0.15) is 13.2 Å². The normalized spacial score (nSPS) is 11.3. The van der Waals surface area contributed by atoms with Gasteiger partial charge in [0.25, 0.3) is 5.56 Å². The van der Waals surface area contributed by atoms with E-state index in [0.717, 1.165) is 6.07 Å². The number of alkyl halides is 3. The average Bonchev–Trinajstić information content (AvgIpc) is 2.61. The maximum Gasteiger partial charge on any atom is 0.418 e. The second kappa shape index (κ2) is 7.32. The fourth-order valence-corrected chi connectivity index (χ4v) is 2.74. The van der Waals surface area contributed by atoms with Crippen molar-refractivity contribution in [2.45, 2.75) is 11.1 Å². The number of aromatic nitrogens is 1. The van der Waals surface area contributed by atoms with E-state index in [1.807, 2.05) is 0 Å². The summed E-state index contributed by atoms with van der Waals surface area (Å²) >= 11 is 4.18. The van der Waals surface area contributed by atoms with Crippen LogP contribution in [0.3, 0.4) is 0 Å². The van der Waals surface area contributed by atoms with E-state index in [-0.39, 0.29) is 22.6 Å². The van der Waals surface area contributed by atoms with Crippen LogP contribution >= 0.6 is 12.6 Å². The van der Waals surface area contributed by atoms with Crippen molar-refractivity contribution in [2.75, 3.05) is 5.32 Å². The number of para-hydroxylation sites is 1. The summed E-state index contributed by atoms with van der Waals surface area (Å²) in [6.07, 6.45) is -3.24. The summed E-state index contributed by atoms with van der Waals surface area (Å²) < 4.78 is 39.7. The summed E-state index contributed by atoms with van der Waals surface area (Å²) in [5.41, 5.74) is -1.26. The number of nitrogens with one attached hydrogen (secondary N) is 3. The summed E-state index contributed by atoms with van der Waals surface area (Å²) in [7, 11) is 0. The average molecular weight is 389 g/mol. The van der Waals surface area contributed by atoms with Gasteiger partial charge in [-0.05, 0) is 30.3 Å². The van der Waals surface area contributed by atoms with E-state index >= 15 is 0 Å². The molecule has 0 bridgehead atoms. The van der Waals surface area contributed by atoms with Gasteiger partial charge in [-0.3, -0.25) is 10.2 Å². The monoisotopic (exact) mass is 389 g/mol. The van der Waals surface area contributed by atoms with Gasteiger partial charge in [0.1, 0.15) is 0 Å². The number of rotatable bonds is 4. The Bertz CT molecular complexity index is 1040. The molecule has 0 unspecified atom stereocenters. The fourth-order valence-electron chi connectivity index (χ4n) is 2.59. The zero-order chi connectivity index (χ0) is 19.6. The second-order valence-electron chi connectivity index (χ2n) is 5.69. The highest BCUT2D eigenvalue weighted by atomic mass is 32.1. The molecule has 4 nitrogen and oxygen atoms in total. The first-order valence-corrected chi connectivity index (χ1v) is 8.25. The van der Waals surface area contributed by atoms with Gasteiger partial charge >= 0.3 is 6.18 Å². The van der Waals surface area contributed by atoms with Gasteiger partial charge < -0.3 is 10.3 Å². The van der Waals surface area contributed by atoms with Gasteiger partial charge in [-0.25, -0.2) is 0 Å². The maximum absolute atomic E-state index is 13.2. The number of benzene rings is 2. The molecule has 0 aliphatic heterocycles. The SMILES string of the molecule is N=C(c1ccc(S)cc1)c1c(Nc2ccccc2C(F)(F)F)cc[nH]c1=O. The van der Waals surface area contributed by atoms with E-state index in [1.165, 1.54) is 30.5 Å². The van der Waals surface area contributed by atoms with Crippen molar-refractivity contribution in [3.05, 3.63) is 87.8 Å². The highest BCUT2D eigenvalue weighted by Crippen LogP contribution is 2.36. The van der Waals surface area contributed by atoms with Crippen LogP contribution in [0, 0.1) is 5.41 Å². The van der Waals surface area contributed by atoms with Crippen LogP contribution in [0.25, 0.3) is 0 Å². The summed E-state index contributed by atoms with van der Waals surface area (Å²) in [4.78, 5) is 15.5. The summed E-state index contributed by atoms with van der Waals surface area (Å²) in [6, 6.07) is 12.9. The number of anilines is 2. The van der Waals surface area contributed by atoms with Crippen LogP contribution in [0.1, 0.15) is 16.7 Å². The van der Waals surface area contributed by atoms with Gasteiger partial charge in [0, 0.05) is 16.7 Å². The molecular formula is C19H14F3N3OS. The molecule has 3 N–H and O–H groups in total. The topological polar surface area (TPSA) is 68.7 Å². The van der Waals surface area contributed by atoms with Gasteiger partial charge in [0.15, 0.2) is 0 Å². The standard InChI is InChI=1S/C19H14F3N3OS/c20-19(21,22)13-3-1-2-4-14(13)25-15-9-10-24-18(26)16(15)17(23)11-5-7-12(27)8-6-11/h1-10,23,27H,(H2,24,25,26). The predicted octanol–water partition coefficient (Wildman–Crippen LogP) is 4.84. The Morgan fingerprint density at radius 1 is 1.00 bits per heavy atom. The van der Waals surface area contributed by atoms with Crippen LogP contribution in [0.4, 0.5) is 24.5 Å². The van der Waals surface area contributed by atoms with Crippen molar-refractivity contribution in [1.82, 2.24) is 4.98 Å². The molecule has 3 rings (SSSR count). The Balaban J connectivity index is 2.07. The summed E-state index contributed by atoms with van der Waals surface area (Å²) in [5, 5.41) is 11.0. The number of thiol groups is 1. The Kier molecular flexibility index (Phi) is 5.09. The van der Waals surface area contributed by atoms with Crippen molar-refractivity contribution in [2.24, 2.45) is 0 Å². The van der Waals surface area contributed by atoms with Crippen LogP contribution in [-0.2, 0) is 6.18 Å². The van der Waals surface area contributed by atoms with E-state index in [9.17, 15) is 18.0 Å². The minimum Gasteiger partial charge on any atom is -0.354 e. The molecule has 27 heavy (non-hydrogen) atoms. The molecule has 0 atom stereocenters. The zero-order valence-corrected chi connectivity index (χ0v) is 14.7. The molecule has 2 aromatic carbocycles. The Labute approximate surface area is 158 Å². The van der Waals surface area contributed by atoms with Gasteiger partial charge in [-0.15, -0.1) is 12.6 Å². The lowest BCUT2D eigenvalue weighted by atomic mass is 10.0. The summed E-state index contributed by atoms with van der Waals surface area (Å²) in [5.74, 6) is 0. The van der Waals surface area contributed by atoms with Crippen LogP contribution in [0.5, 0.6) is 0 Å². The highest BCUT2D eigenvalue weighted by molar-refractivity contribution is 7.80. The van der Waals surface area contributed by atoms with Crippen molar-refractivity contribution in [3.63, 3.8) is 0 Å². The number of hydrogen-bond acceptors (Lipinski definition) is 4. The zero-order valence-electron chi connectivity index (χ0n) is 13.8. The number of aromatic amines is 1. The molecule has 0 saturated carbocycles. The van der Waals surface area contributed by atoms with Crippen LogP contribution in [0.2, 0.25) is 0 Å². The van der Waals surface area contributed by atoms with Crippen molar-refractivity contribution < 1.29 is 13.2 Å². The molecule has 8 heteroatoms. The number of H-pyrrole nitrogens is 1. The first kappa shape index (κ1) is 18.8. The van der Waals surface area contributed by atoms with E-state index < -0.39 is 17.3 Å². The third-order valence-electron chi connectivity index (χ3n) is 3.87. The Hall–Kier alpha value is -3.00. The van der Waals surface area contributed by atoms with E-state index in [1.54, 1.807) is 24.3 Å². The second-order valence-corrected chi connectivity index (χ2v) is 6.20. The lowest BCUT2D eigenvalue weighted by molar-refractivity contribution is -0.136. The smallest absolute Gasteiger partial charge is 0.354 e. The molecule has 1 heterocycles. The van der Waals surface area contributed by atoms with Crippen molar-refractivity contribution in [1.29, 1.82) is 5.41 Å². The number of pyridine rings is 1. The lowest BCUT2D eigenvalue weighted by Gasteiger charge is -2.16. The number of hydrogen-bond donors (Lipinski definition) is 4. The first-order valence-electron chi connectivity index (χ1n) is 7.80. The van der Waals surface area contributed by atoms with Crippen LogP contribution in [0.15, 0.2) is 70.5 Å². The van der Waals surface area contributed by atoms with E-state index in [4.69, 9.17) is 5.41 Å². The maximum atomic E-state index is 13.2. The van der Waals surface area contributed by atoms with Gasteiger partial charge in [-0.1, -0.05) is 24.3 Å². The van der Waals surface area contributed by atoms with Crippen LogP contribution < -0.4 is 10.9 Å². The van der Waals surface area contributed by atoms with Gasteiger partial charge in [0.05, 0.1) is 28.2 Å². The molecule has 0 aliphatic rings. The Morgan fingerprint density at radius 2 is 1.67 bits per heavy atom. The third kappa shape index (κ3) is 4.06. The first-order chi connectivity index (χ1) is 12.8. The van der Waals surface area contributed by atoms with E-state index in [0.29, 0.717) is 10.5 Å². The van der Waals surface area contributed by atoms with E-state index in [2.05, 4.69) is 22.9 Å². The molecule has 1 aromatic heterocycles. The predicted molar refractivity (Wildman–Crippen MR) is 101 cm³/mol. The molecule has 0 amide bonds. The quantitative estimate of drug-likeness (QED) is 0.381. The summed E-state index contributed by atoms with van der Waals surface area (Å²) in [6.45, 7) is 0. The molecule has 0 aliphatic carbocycles. The minimum absolute atomic E-state index is 0.0543. The molecule has 0 saturated heterocycles. The molecule has 0 radical (unpaired) electrons.